The molecule has 1 aliphatic rings. The fourth-order valence-corrected chi connectivity index (χ4v) is 5.43. The number of nitrogen functional groups attached to an aromatic ring is 1. The maximum atomic E-state index is 12.7. The second kappa shape index (κ2) is 9.04. The van der Waals surface area contributed by atoms with E-state index in [0.717, 1.165) is 16.0 Å². The third-order valence-corrected chi connectivity index (χ3v) is 7.55. The summed E-state index contributed by atoms with van der Waals surface area (Å²) in [5, 5.41) is 4.88. The summed E-state index contributed by atoms with van der Waals surface area (Å²) in [6.07, 6.45) is -0.453. The minimum Gasteiger partial charge on any atom is -0.397 e. The largest absolute Gasteiger partial charge is 0.573 e. The molecular formula is C22H24N2O5PS+. The standard InChI is InChI=1S/C22H23N2O5PS/c1-14-15(2)29-30(26,28-14)27-13-16-5-7-17(8-6-16)22(25)24-20-12-18(9-10-19(20)23)21-4-3-11-31-21/h3-12,14-15,26H,13,23H2,1-2H3/p+1/t14-,15-/m1/s1. The lowest BCUT2D eigenvalue weighted by Crippen LogP contribution is -2.13. The summed E-state index contributed by atoms with van der Waals surface area (Å²) in [4.78, 5) is 24.1. The Kier molecular flexibility index (Phi) is 6.39. The highest BCUT2D eigenvalue weighted by molar-refractivity contribution is 7.55. The number of carbonyl (C=O) groups is 1. The first-order chi connectivity index (χ1) is 14.8. The molecule has 162 valence electrons. The van der Waals surface area contributed by atoms with Crippen molar-refractivity contribution >= 4 is 36.8 Å². The molecular weight excluding hydrogens is 435 g/mol. The van der Waals surface area contributed by atoms with Gasteiger partial charge >= 0.3 is 8.17 Å². The molecule has 0 aliphatic carbocycles. The fourth-order valence-electron chi connectivity index (χ4n) is 3.04. The van der Waals surface area contributed by atoms with Crippen LogP contribution in [-0.2, 0) is 20.2 Å². The van der Waals surface area contributed by atoms with Gasteiger partial charge in [-0.25, -0.2) is 0 Å². The van der Waals surface area contributed by atoms with E-state index in [4.69, 9.17) is 19.3 Å². The predicted molar refractivity (Wildman–Crippen MR) is 124 cm³/mol. The van der Waals surface area contributed by atoms with Gasteiger partial charge in [0.2, 0.25) is 0 Å². The van der Waals surface area contributed by atoms with Crippen LogP contribution in [0.3, 0.4) is 0 Å². The summed E-state index contributed by atoms with van der Waals surface area (Å²) in [5.41, 5.74) is 9.37. The Morgan fingerprint density at radius 1 is 1.16 bits per heavy atom. The van der Waals surface area contributed by atoms with Gasteiger partial charge in [-0.05, 0) is 60.7 Å². The molecule has 2 aromatic carbocycles. The number of benzene rings is 2. The number of amides is 1. The van der Waals surface area contributed by atoms with Crippen LogP contribution in [0.5, 0.6) is 0 Å². The Morgan fingerprint density at radius 3 is 2.52 bits per heavy atom. The van der Waals surface area contributed by atoms with Gasteiger partial charge in [0.05, 0.1) is 11.4 Å². The Balaban J connectivity index is 1.39. The number of rotatable bonds is 6. The molecule has 0 bridgehead atoms. The summed E-state index contributed by atoms with van der Waals surface area (Å²) < 4.78 is 16.3. The van der Waals surface area contributed by atoms with E-state index in [-0.39, 0.29) is 24.7 Å². The van der Waals surface area contributed by atoms with Gasteiger partial charge in [0.25, 0.3) is 5.91 Å². The van der Waals surface area contributed by atoms with Crippen LogP contribution in [0.1, 0.15) is 29.8 Å². The summed E-state index contributed by atoms with van der Waals surface area (Å²) in [7, 11) is -3.30. The van der Waals surface area contributed by atoms with Crippen LogP contribution in [0.25, 0.3) is 10.4 Å². The van der Waals surface area contributed by atoms with Crippen LogP contribution < -0.4 is 11.1 Å². The first kappa shape index (κ1) is 21.9. The molecule has 0 radical (unpaired) electrons. The lowest BCUT2D eigenvalue weighted by atomic mass is 10.1. The molecule has 0 spiro atoms. The molecule has 0 unspecified atom stereocenters. The van der Waals surface area contributed by atoms with Crippen molar-refractivity contribution in [3.05, 3.63) is 71.1 Å². The van der Waals surface area contributed by atoms with Crippen LogP contribution in [0.15, 0.2) is 60.0 Å². The van der Waals surface area contributed by atoms with E-state index < -0.39 is 8.17 Å². The van der Waals surface area contributed by atoms with Crippen LogP contribution in [0, 0.1) is 0 Å². The fraction of sp³-hybridized carbons (Fsp3) is 0.227. The smallest absolute Gasteiger partial charge is 0.397 e. The van der Waals surface area contributed by atoms with E-state index in [0.29, 0.717) is 16.9 Å². The molecule has 0 saturated carbocycles. The van der Waals surface area contributed by atoms with Crippen molar-refractivity contribution in [2.24, 2.45) is 0 Å². The average molecular weight is 459 g/mol. The van der Waals surface area contributed by atoms with Crippen LogP contribution in [0.2, 0.25) is 0 Å². The van der Waals surface area contributed by atoms with Gasteiger partial charge in [0.1, 0.15) is 18.8 Å². The zero-order chi connectivity index (χ0) is 22.0. The Labute approximate surface area is 185 Å². The summed E-state index contributed by atoms with van der Waals surface area (Å²) in [5.74, 6) is -0.265. The van der Waals surface area contributed by atoms with E-state index in [1.54, 1.807) is 41.7 Å². The molecule has 2 heterocycles. The Morgan fingerprint density at radius 2 is 1.87 bits per heavy atom. The number of thiophene rings is 1. The minimum atomic E-state index is -3.30. The number of nitrogens with two attached hydrogens (primary N) is 1. The molecule has 1 amide bonds. The molecule has 1 saturated heterocycles. The Hall–Kier alpha value is -2.32. The SMILES string of the molecule is C[C@H]1O[P+](O)(OCc2ccc(C(=O)Nc3cc(-c4cccs4)ccc3N)cc2)O[C@@H]1C. The van der Waals surface area contributed by atoms with Crippen molar-refractivity contribution in [3.8, 4) is 10.4 Å². The highest BCUT2D eigenvalue weighted by Gasteiger charge is 2.56. The molecule has 2 atom stereocenters. The number of hydrogen-bond donors (Lipinski definition) is 3. The number of nitrogens with one attached hydrogen (secondary N) is 1. The van der Waals surface area contributed by atoms with Crippen molar-refractivity contribution in [2.45, 2.75) is 32.7 Å². The average Bonchev–Trinajstić information content (AvgIpc) is 3.37. The maximum Gasteiger partial charge on any atom is 0.573 e. The highest BCUT2D eigenvalue weighted by atomic mass is 32.1. The first-order valence-electron chi connectivity index (χ1n) is 9.80. The van der Waals surface area contributed by atoms with Gasteiger partial charge in [0.15, 0.2) is 0 Å². The van der Waals surface area contributed by atoms with E-state index in [1.807, 2.05) is 43.5 Å². The zero-order valence-corrected chi connectivity index (χ0v) is 18.9. The summed E-state index contributed by atoms with van der Waals surface area (Å²) in [6, 6.07) is 16.5. The third-order valence-electron chi connectivity index (χ3n) is 4.98. The summed E-state index contributed by atoms with van der Waals surface area (Å²) in [6.45, 7) is 3.76. The van der Waals surface area contributed by atoms with Gasteiger partial charge in [0, 0.05) is 10.4 Å². The van der Waals surface area contributed by atoms with Crippen molar-refractivity contribution in [1.29, 1.82) is 0 Å². The summed E-state index contributed by atoms with van der Waals surface area (Å²) >= 11 is 1.62. The second-order valence-electron chi connectivity index (χ2n) is 7.29. The molecule has 7 nitrogen and oxygen atoms in total. The van der Waals surface area contributed by atoms with Gasteiger partial charge in [-0.1, -0.05) is 24.3 Å². The van der Waals surface area contributed by atoms with Crippen molar-refractivity contribution in [2.75, 3.05) is 11.1 Å². The molecule has 4 rings (SSSR count). The number of hydrogen-bond acceptors (Lipinski definition) is 7. The lowest BCUT2D eigenvalue weighted by molar-refractivity contribution is 0.102. The minimum absolute atomic E-state index is 0.113. The Bertz CT molecular complexity index is 1050. The maximum absolute atomic E-state index is 12.7. The van der Waals surface area contributed by atoms with Gasteiger partial charge in [-0.3, -0.25) is 4.79 Å². The zero-order valence-electron chi connectivity index (χ0n) is 17.1. The highest BCUT2D eigenvalue weighted by Crippen LogP contribution is 2.65. The first-order valence-corrected chi connectivity index (χ1v) is 12.2. The molecule has 9 heteroatoms. The number of carbonyl (C=O) groups excluding carboxylic acids is 1. The molecule has 3 aromatic rings. The van der Waals surface area contributed by atoms with Crippen LogP contribution >= 0.6 is 19.5 Å². The quantitative estimate of drug-likeness (QED) is 0.343. The lowest BCUT2D eigenvalue weighted by Gasteiger charge is -2.11. The van der Waals surface area contributed by atoms with Crippen LogP contribution in [0.4, 0.5) is 11.4 Å². The van der Waals surface area contributed by atoms with E-state index in [9.17, 15) is 9.69 Å². The number of anilines is 2. The van der Waals surface area contributed by atoms with Crippen molar-refractivity contribution in [1.82, 2.24) is 0 Å². The molecule has 1 aliphatic heterocycles. The van der Waals surface area contributed by atoms with Gasteiger partial charge in [-0.15, -0.1) is 24.9 Å². The molecule has 1 aromatic heterocycles. The molecule has 1 fully saturated rings. The van der Waals surface area contributed by atoms with E-state index in [1.165, 1.54) is 0 Å². The van der Waals surface area contributed by atoms with E-state index >= 15 is 0 Å². The normalized spacial score (nSPS) is 20.0. The topological polar surface area (TPSA) is 103 Å². The van der Waals surface area contributed by atoms with E-state index in [2.05, 4.69) is 5.32 Å². The monoisotopic (exact) mass is 459 g/mol. The third kappa shape index (κ3) is 5.13. The molecule has 4 N–H and O–H groups in total. The van der Waals surface area contributed by atoms with Crippen LogP contribution in [-0.4, -0.2) is 23.0 Å². The van der Waals surface area contributed by atoms with Gasteiger partial charge in [-0.2, -0.15) is 4.89 Å². The predicted octanol–water partition coefficient (Wildman–Crippen LogP) is 5.26. The van der Waals surface area contributed by atoms with Crippen molar-refractivity contribution < 1.29 is 23.3 Å². The van der Waals surface area contributed by atoms with Crippen molar-refractivity contribution in [3.63, 3.8) is 0 Å². The second-order valence-corrected chi connectivity index (χ2v) is 9.86. The molecule has 31 heavy (non-hydrogen) atoms. The van der Waals surface area contributed by atoms with Gasteiger partial charge < -0.3 is 11.1 Å².